The Hall–Kier alpha value is -2.33. The number of rotatable bonds is 2. The predicted octanol–water partition coefficient (Wildman–Crippen LogP) is 3.15. The summed E-state index contributed by atoms with van der Waals surface area (Å²) in [7, 11) is 3.89. The Balaban J connectivity index is 1.88. The Morgan fingerprint density at radius 2 is 2.14 bits per heavy atom. The molecule has 1 aliphatic rings. The van der Waals surface area contributed by atoms with Gasteiger partial charge in [0.25, 0.3) is 0 Å². The number of aromatic nitrogens is 2. The number of benzene rings is 2. The summed E-state index contributed by atoms with van der Waals surface area (Å²) < 4.78 is 5.55. The van der Waals surface area contributed by atoms with E-state index in [1.54, 1.807) is 7.11 Å². The molecule has 0 spiro atoms. The molecule has 0 saturated carbocycles. The first-order valence-corrected chi connectivity index (χ1v) is 7.53. The molecule has 0 aliphatic carbocycles. The van der Waals surface area contributed by atoms with E-state index in [4.69, 9.17) is 4.74 Å². The SMILES string of the molecule is COc1cc(C2CN(C)Cc3ccccc32)cc2cn[nH]c12. The van der Waals surface area contributed by atoms with Crippen LogP contribution in [0.15, 0.2) is 42.6 Å². The van der Waals surface area contributed by atoms with Gasteiger partial charge in [-0.1, -0.05) is 24.3 Å². The Labute approximate surface area is 129 Å². The van der Waals surface area contributed by atoms with Crippen molar-refractivity contribution in [1.82, 2.24) is 15.1 Å². The number of nitrogens with one attached hydrogen (secondary N) is 1. The number of hydrogen-bond acceptors (Lipinski definition) is 3. The van der Waals surface area contributed by atoms with Crippen molar-refractivity contribution in [2.75, 3.05) is 20.7 Å². The Kier molecular flexibility index (Phi) is 3.12. The number of nitrogens with zero attached hydrogens (tertiary/aromatic N) is 2. The van der Waals surface area contributed by atoms with Crippen LogP contribution in [0.25, 0.3) is 10.9 Å². The highest BCUT2D eigenvalue weighted by molar-refractivity contribution is 5.85. The summed E-state index contributed by atoms with van der Waals surface area (Å²) in [6.45, 7) is 2.03. The van der Waals surface area contributed by atoms with E-state index in [-0.39, 0.29) is 0 Å². The third kappa shape index (κ3) is 2.07. The van der Waals surface area contributed by atoms with E-state index in [1.807, 2.05) is 6.20 Å². The third-order valence-corrected chi connectivity index (χ3v) is 4.52. The van der Waals surface area contributed by atoms with Gasteiger partial charge < -0.3 is 9.64 Å². The van der Waals surface area contributed by atoms with Crippen LogP contribution in [0.3, 0.4) is 0 Å². The molecule has 2 heterocycles. The van der Waals surface area contributed by atoms with E-state index in [2.05, 4.69) is 58.5 Å². The van der Waals surface area contributed by atoms with Crippen LogP contribution in [0.4, 0.5) is 0 Å². The molecule has 4 heteroatoms. The van der Waals surface area contributed by atoms with Crippen LogP contribution >= 0.6 is 0 Å². The molecule has 22 heavy (non-hydrogen) atoms. The summed E-state index contributed by atoms with van der Waals surface area (Å²) in [5.74, 6) is 1.22. The largest absolute Gasteiger partial charge is 0.494 e. The average Bonchev–Trinajstić information content (AvgIpc) is 3.01. The monoisotopic (exact) mass is 293 g/mol. The fourth-order valence-electron chi connectivity index (χ4n) is 3.48. The summed E-state index contributed by atoms with van der Waals surface area (Å²) in [5.41, 5.74) is 5.08. The van der Waals surface area contributed by atoms with Gasteiger partial charge in [0.1, 0.15) is 11.3 Å². The molecule has 1 aliphatic heterocycles. The summed E-state index contributed by atoms with van der Waals surface area (Å²) in [6, 6.07) is 13.1. The minimum Gasteiger partial charge on any atom is -0.494 e. The maximum absolute atomic E-state index is 5.55. The molecule has 1 N–H and O–H groups in total. The molecule has 0 saturated heterocycles. The standard InChI is InChI=1S/C18H19N3O/c1-21-10-12-5-3-4-6-15(12)16(11-21)13-7-14-9-19-20-18(14)17(8-13)22-2/h3-9,16H,10-11H2,1-2H3,(H,19,20). The lowest BCUT2D eigenvalue weighted by molar-refractivity contribution is 0.295. The van der Waals surface area contributed by atoms with Gasteiger partial charge in [0.15, 0.2) is 0 Å². The Bertz CT molecular complexity index is 824. The van der Waals surface area contributed by atoms with E-state index < -0.39 is 0 Å². The first-order valence-electron chi connectivity index (χ1n) is 7.53. The third-order valence-electron chi connectivity index (χ3n) is 4.52. The highest BCUT2D eigenvalue weighted by atomic mass is 16.5. The van der Waals surface area contributed by atoms with Gasteiger partial charge in [-0.25, -0.2) is 0 Å². The molecule has 4 nitrogen and oxygen atoms in total. The van der Waals surface area contributed by atoms with Gasteiger partial charge >= 0.3 is 0 Å². The van der Waals surface area contributed by atoms with Crippen molar-refractivity contribution in [3.05, 3.63) is 59.3 Å². The molecule has 1 aromatic heterocycles. The van der Waals surface area contributed by atoms with Crippen LogP contribution in [0.1, 0.15) is 22.6 Å². The van der Waals surface area contributed by atoms with Crippen molar-refractivity contribution in [3.63, 3.8) is 0 Å². The van der Waals surface area contributed by atoms with Gasteiger partial charge in [-0.2, -0.15) is 5.10 Å². The topological polar surface area (TPSA) is 41.1 Å². The van der Waals surface area contributed by atoms with Gasteiger partial charge in [-0.15, -0.1) is 0 Å². The van der Waals surface area contributed by atoms with Crippen LogP contribution < -0.4 is 4.74 Å². The van der Waals surface area contributed by atoms with Gasteiger partial charge in [0, 0.05) is 24.4 Å². The van der Waals surface area contributed by atoms with Crippen LogP contribution in [0.2, 0.25) is 0 Å². The van der Waals surface area contributed by atoms with Crippen molar-refractivity contribution in [3.8, 4) is 5.75 Å². The van der Waals surface area contributed by atoms with Gasteiger partial charge in [-0.05, 0) is 35.9 Å². The Morgan fingerprint density at radius 1 is 1.27 bits per heavy atom. The maximum atomic E-state index is 5.55. The molecular formula is C18H19N3O. The number of fused-ring (bicyclic) bond motifs is 2. The Morgan fingerprint density at radius 3 is 3.00 bits per heavy atom. The van der Waals surface area contributed by atoms with Gasteiger partial charge in [0.2, 0.25) is 0 Å². The molecular weight excluding hydrogens is 274 g/mol. The fraction of sp³-hybridized carbons (Fsp3) is 0.278. The van der Waals surface area contributed by atoms with Crippen LogP contribution in [0, 0.1) is 0 Å². The van der Waals surface area contributed by atoms with Crippen molar-refractivity contribution in [2.45, 2.75) is 12.5 Å². The number of likely N-dealkylation sites (N-methyl/N-ethyl adjacent to an activating group) is 1. The quantitative estimate of drug-likeness (QED) is 0.789. The second-order valence-electron chi connectivity index (χ2n) is 6.01. The van der Waals surface area contributed by atoms with E-state index in [9.17, 15) is 0 Å². The second-order valence-corrected chi connectivity index (χ2v) is 6.01. The number of H-pyrrole nitrogens is 1. The summed E-state index contributed by atoms with van der Waals surface area (Å²) in [4.78, 5) is 2.37. The minimum absolute atomic E-state index is 0.364. The second kappa shape index (κ2) is 5.14. The van der Waals surface area contributed by atoms with Crippen molar-refractivity contribution in [2.24, 2.45) is 0 Å². The lowest BCUT2D eigenvalue weighted by Crippen LogP contribution is -2.30. The first-order chi connectivity index (χ1) is 10.8. The van der Waals surface area contributed by atoms with E-state index in [0.717, 1.165) is 29.7 Å². The fourth-order valence-corrected chi connectivity index (χ4v) is 3.48. The molecule has 1 unspecified atom stereocenters. The predicted molar refractivity (Wildman–Crippen MR) is 87.3 cm³/mol. The summed E-state index contributed by atoms with van der Waals surface area (Å²) in [5, 5.41) is 8.25. The zero-order chi connectivity index (χ0) is 15.1. The van der Waals surface area contributed by atoms with Crippen LogP contribution in [-0.2, 0) is 6.54 Å². The molecule has 0 bridgehead atoms. The molecule has 2 aromatic carbocycles. The molecule has 112 valence electrons. The zero-order valence-electron chi connectivity index (χ0n) is 12.8. The summed E-state index contributed by atoms with van der Waals surface area (Å²) >= 11 is 0. The lowest BCUT2D eigenvalue weighted by atomic mass is 9.84. The highest BCUT2D eigenvalue weighted by Crippen LogP contribution is 2.36. The molecule has 4 rings (SSSR count). The number of methoxy groups -OCH3 is 1. The van der Waals surface area contributed by atoms with Crippen LogP contribution in [0.5, 0.6) is 5.75 Å². The lowest BCUT2D eigenvalue weighted by Gasteiger charge is -2.32. The molecule has 0 radical (unpaired) electrons. The molecule has 3 aromatic rings. The number of hydrogen-bond donors (Lipinski definition) is 1. The number of aromatic amines is 1. The van der Waals surface area contributed by atoms with Crippen LogP contribution in [-0.4, -0.2) is 35.8 Å². The van der Waals surface area contributed by atoms with Gasteiger partial charge in [-0.3, -0.25) is 5.10 Å². The van der Waals surface area contributed by atoms with E-state index in [0.29, 0.717) is 5.92 Å². The molecule has 0 amide bonds. The molecule has 1 atom stereocenters. The minimum atomic E-state index is 0.364. The summed E-state index contributed by atoms with van der Waals surface area (Å²) in [6.07, 6.45) is 1.86. The van der Waals surface area contributed by atoms with E-state index in [1.165, 1.54) is 16.7 Å². The van der Waals surface area contributed by atoms with Crippen molar-refractivity contribution < 1.29 is 4.74 Å². The number of ether oxygens (including phenoxy) is 1. The van der Waals surface area contributed by atoms with E-state index >= 15 is 0 Å². The highest BCUT2D eigenvalue weighted by Gasteiger charge is 2.25. The molecule has 0 fully saturated rings. The average molecular weight is 293 g/mol. The zero-order valence-corrected chi connectivity index (χ0v) is 12.8. The van der Waals surface area contributed by atoms with Crippen molar-refractivity contribution in [1.29, 1.82) is 0 Å². The van der Waals surface area contributed by atoms with Crippen molar-refractivity contribution >= 4 is 10.9 Å². The first kappa shape index (κ1) is 13.3. The smallest absolute Gasteiger partial charge is 0.144 e. The maximum Gasteiger partial charge on any atom is 0.144 e. The normalized spacial score (nSPS) is 18.4. The van der Waals surface area contributed by atoms with Gasteiger partial charge in [0.05, 0.1) is 13.3 Å².